The minimum absolute atomic E-state index is 0.532. The Labute approximate surface area is 114 Å². The SMILES string of the molecule is NCc1cccc(C2CC2)c1OCc1ccccc1. The quantitative estimate of drug-likeness (QED) is 0.883. The highest BCUT2D eigenvalue weighted by molar-refractivity contribution is 5.45. The fourth-order valence-electron chi connectivity index (χ4n) is 2.39. The molecule has 2 N–H and O–H groups in total. The lowest BCUT2D eigenvalue weighted by molar-refractivity contribution is 0.299. The van der Waals surface area contributed by atoms with Crippen LogP contribution in [0.3, 0.4) is 0 Å². The highest BCUT2D eigenvalue weighted by Gasteiger charge is 2.27. The molecule has 2 aromatic carbocycles. The van der Waals surface area contributed by atoms with Gasteiger partial charge in [0.15, 0.2) is 0 Å². The molecule has 0 radical (unpaired) electrons. The third-order valence-corrected chi connectivity index (χ3v) is 3.59. The zero-order valence-electron chi connectivity index (χ0n) is 11.0. The zero-order valence-corrected chi connectivity index (χ0v) is 11.0. The fraction of sp³-hybridized carbons (Fsp3) is 0.294. The Bertz CT molecular complexity index is 546. The van der Waals surface area contributed by atoms with Crippen molar-refractivity contribution in [2.45, 2.75) is 31.9 Å². The van der Waals surface area contributed by atoms with E-state index in [2.05, 4.69) is 30.3 Å². The summed E-state index contributed by atoms with van der Waals surface area (Å²) in [5, 5.41) is 0. The summed E-state index contributed by atoms with van der Waals surface area (Å²) in [5.74, 6) is 1.69. The molecule has 0 bridgehead atoms. The van der Waals surface area contributed by atoms with E-state index in [1.807, 2.05) is 18.2 Å². The first-order valence-corrected chi connectivity index (χ1v) is 6.87. The molecule has 0 atom stereocenters. The van der Waals surface area contributed by atoms with Gasteiger partial charge in [-0.05, 0) is 29.9 Å². The van der Waals surface area contributed by atoms with Crippen LogP contribution in [0.15, 0.2) is 48.5 Å². The fourth-order valence-corrected chi connectivity index (χ4v) is 2.39. The zero-order chi connectivity index (χ0) is 13.1. The maximum Gasteiger partial charge on any atom is 0.127 e. The van der Waals surface area contributed by atoms with Crippen LogP contribution in [0.2, 0.25) is 0 Å². The van der Waals surface area contributed by atoms with Crippen molar-refractivity contribution >= 4 is 0 Å². The van der Waals surface area contributed by atoms with Crippen molar-refractivity contribution in [3.05, 3.63) is 65.2 Å². The van der Waals surface area contributed by atoms with E-state index >= 15 is 0 Å². The third kappa shape index (κ3) is 2.79. The highest BCUT2D eigenvalue weighted by Crippen LogP contribution is 2.45. The number of nitrogens with two attached hydrogens (primary N) is 1. The van der Waals surface area contributed by atoms with E-state index in [-0.39, 0.29) is 0 Å². The molecule has 0 saturated heterocycles. The second-order valence-electron chi connectivity index (χ2n) is 5.09. The maximum atomic E-state index is 6.07. The molecule has 98 valence electrons. The van der Waals surface area contributed by atoms with Gasteiger partial charge in [0, 0.05) is 12.1 Å². The van der Waals surface area contributed by atoms with Crippen LogP contribution in [0.5, 0.6) is 5.75 Å². The predicted octanol–water partition coefficient (Wildman–Crippen LogP) is 3.60. The molecule has 1 saturated carbocycles. The van der Waals surface area contributed by atoms with Crippen LogP contribution in [0.1, 0.15) is 35.4 Å². The first-order chi connectivity index (χ1) is 9.38. The van der Waals surface area contributed by atoms with E-state index in [1.165, 1.54) is 24.0 Å². The molecule has 2 aromatic rings. The van der Waals surface area contributed by atoms with Gasteiger partial charge in [0.05, 0.1) is 0 Å². The average molecular weight is 253 g/mol. The van der Waals surface area contributed by atoms with E-state index in [0.717, 1.165) is 11.3 Å². The largest absolute Gasteiger partial charge is 0.488 e. The van der Waals surface area contributed by atoms with Crippen LogP contribution >= 0.6 is 0 Å². The van der Waals surface area contributed by atoms with E-state index in [4.69, 9.17) is 10.5 Å². The third-order valence-electron chi connectivity index (χ3n) is 3.59. The molecule has 0 amide bonds. The number of hydrogen-bond acceptors (Lipinski definition) is 2. The van der Waals surface area contributed by atoms with Gasteiger partial charge in [0.1, 0.15) is 12.4 Å². The molecule has 0 heterocycles. The number of ether oxygens (including phenoxy) is 1. The summed E-state index contributed by atoms with van der Waals surface area (Å²) in [7, 11) is 0. The Hall–Kier alpha value is -1.80. The molecule has 2 nitrogen and oxygen atoms in total. The molecule has 0 aliphatic heterocycles. The van der Waals surface area contributed by atoms with Gasteiger partial charge in [0.25, 0.3) is 0 Å². The van der Waals surface area contributed by atoms with Crippen molar-refractivity contribution < 1.29 is 4.74 Å². The van der Waals surface area contributed by atoms with Crippen LogP contribution in [-0.4, -0.2) is 0 Å². The Kier molecular flexibility index (Phi) is 3.51. The van der Waals surface area contributed by atoms with Gasteiger partial charge >= 0.3 is 0 Å². The van der Waals surface area contributed by atoms with Crippen molar-refractivity contribution in [3.8, 4) is 5.75 Å². The Morgan fingerprint density at radius 1 is 1.00 bits per heavy atom. The number of benzene rings is 2. The van der Waals surface area contributed by atoms with Crippen LogP contribution in [0, 0.1) is 0 Å². The van der Waals surface area contributed by atoms with Crippen molar-refractivity contribution in [2.24, 2.45) is 5.73 Å². The lowest BCUT2D eigenvalue weighted by atomic mass is 10.0. The lowest BCUT2D eigenvalue weighted by Gasteiger charge is -2.15. The summed E-state index contributed by atoms with van der Waals surface area (Å²) in [4.78, 5) is 0. The molecule has 1 aliphatic carbocycles. The molecule has 1 fully saturated rings. The highest BCUT2D eigenvalue weighted by atomic mass is 16.5. The van der Waals surface area contributed by atoms with Gasteiger partial charge in [0.2, 0.25) is 0 Å². The van der Waals surface area contributed by atoms with Gasteiger partial charge in [-0.15, -0.1) is 0 Å². The van der Waals surface area contributed by atoms with Gasteiger partial charge in [-0.2, -0.15) is 0 Å². The smallest absolute Gasteiger partial charge is 0.127 e. The van der Waals surface area contributed by atoms with Crippen molar-refractivity contribution in [1.82, 2.24) is 0 Å². The van der Waals surface area contributed by atoms with E-state index in [0.29, 0.717) is 19.1 Å². The Morgan fingerprint density at radius 3 is 2.47 bits per heavy atom. The summed E-state index contributed by atoms with van der Waals surface area (Å²) < 4.78 is 6.07. The molecule has 0 aromatic heterocycles. The molecule has 19 heavy (non-hydrogen) atoms. The van der Waals surface area contributed by atoms with Gasteiger partial charge in [-0.1, -0.05) is 48.5 Å². The molecule has 3 rings (SSSR count). The standard InChI is InChI=1S/C17H19NO/c18-11-15-7-4-8-16(14-9-10-14)17(15)19-12-13-5-2-1-3-6-13/h1-8,14H,9-12,18H2. The molecular formula is C17H19NO. The summed E-state index contributed by atoms with van der Waals surface area (Å²) in [6.07, 6.45) is 2.55. The summed E-state index contributed by atoms with van der Waals surface area (Å²) in [6.45, 7) is 1.14. The summed E-state index contributed by atoms with van der Waals surface area (Å²) >= 11 is 0. The molecule has 0 unspecified atom stereocenters. The van der Waals surface area contributed by atoms with Crippen LogP contribution < -0.4 is 10.5 Å². The summed E-state index contributed by atoms with van der Waals surface area (Å²) in [6, 6.07) is 16.6. The topological polar surface area (TPSA) is 35.2 Å². The van der Waals surface area contributed by atoms with Gasteiger partial charge < -0.3 is 10.5 Å². The van der Waals surface area contributed by atoms with E-state index in [1.54, 1.807) is 0 Å². The molecule has 0 spiro atoms. The first-order valence-electron chi connectivity index (χ1n) is 6.87. The molecule has 1 aliphatic rings. The Balaban J connectivity index is 1.82. The first kappa shape index (κ1) is 12.2. The van der Waals surface area contributed by atoms with Crippen LogP contribution in [0.25, 0.3) is 0 Å². The predicted molar refractivity (Wildman–Crippen MR) is 77.1 cm³/mol. The lowest BCUT2D eigenvalue weighted by Crippen LogP contribution is -2.05. The maximum absolute atomic E-state index is 6.07. The minimum atomic E-state index is 0.532. The number of hydrogen-bond donors (Lipinski definition) is 1. The number of rotatable bonds is 5. The monoisotopic (exact) mass is 253 g/mol. The van der Waals surface area contributed by atoms with Crippen LogP contribution in [-0.2, 0) is 13.2 Å². The van der Waals surface area contributed by atoms with Gasteiger partial charge in [-0.25, -0.2) is 0 Å². The summed E-state index contributed by atoms with van der Waals surface area (Å²) in [5.41, 5.74) is 9.46. The second-order valence-corrected chi connectivity index (χ2v) is 5.09. The normalized spacial score (nSPS) is 14.4. The molecular weight excluding hydrogens is 234 g/mol. The van der Waals surface area contributed by atoms with Crippen LogP contribution in [0.4, 0.5) is 0 Å². The second kappa shape index (κ2) is 5.45. The number of para-hydroxylation sites is 1. The van der Waals surface area contributed by atoms with Crippen molar-refractivity contribution in [1.29, 1.82) is 0 Å². The molecule has 2 heteroatoms. The minimum Gasteiger partial charge on any atom is -0.488 e. The van der Waals surface area contributed by atoms with E-state index < -0.39 is 0 Å². The Morgan fingerprint density at radius 2 is 1.79 bits per heavy atom. The van der Waals surface area contributed by atoms with Crippen molar-refractivity contribution in [2.75, 3.05) is 0 Å². The average Bonchev–Trinajstić information content (AvgIpc) is 3.30. The van der Waals surface area contributed by atoms with Crippen molar-refractivity contribution in [3.63, 3.8) is 0 Å². The van der Waals surface area contributed by atoms with E-state index in [9.17, 15) is 0 Å². The van der Waals surface area contributed by atoms with Gasteiger partial charge in [-0.3, -0.25) is 0 Å².